The number of likely N-dealkylation sites (N-methyl/N-ethyl adjacent to an activating group) is 1. The highest BCUT2D eigenvalue weighted by Gasteiger charge is 2.45. The van der Waals surface area contributed by atoms with Crippen LogP contribution in [-0.2, 0) is 4.74 Å². The lowest BCUT2D eigenvalue weighted by atomic mass is 9.96. The fourth-order valence-electron chi connectivity index (χ4n) is 1.76. The predicted octanol–water partition coefficient (Wildman–Crippen LogP) is 2.08. The first-order chi connectivity index (χ1) is 7.18. The van der Waals surface area contributed by atoms with Crippen LogP contribution in [0.5, 0.6) is 0 Å². The van der Waals surface area contributed by atoms with Gasteiger partial charge in [0.25, 0.3) is 0 Å². The lowest BCUT2D eigenvalue weighted by molar-refractivity contribution is 0.0264. The molecular formula is C12H22N2O. The van der Waals surface area contributed by atoms with Crippen molar-refractivity contribution >= 4 is 0 Å². The van der Waals surface area contributed by atoms with E-state index in [1.807, 2.05) is 6.92 Å². The SMILES string of the molecule is CCNC(C#N)(COC(C)CC)C1CC1. The third-order valence-corrected chi connectivity index (χ3v) is 3.14. The van der Waals surface area contributed by atoms with Crippen LogP contribution in [0.15, 0.2) is 0 Å². The molecule has 0 radical (unpaired) electrons. The molecule has 2 unspecified atom stereocenters. The van der Waals surface area contributed by atoms with Crippen LogP contribution < -0.4 is 5.32 Å². The van der Waals surface area contributed by atoms with Gasteiger partial charge in [-0.2, -0.15) is 5.26 Å². The second-order valence-corrected chi connectivity index (χ2v) is 4.42. The zero-order valence-corrected chi connectivity index (χ0v) is 10.0. The van der Waals surface area contributed by atoms with Crippen LogP contribution >= 0.6 is 0 Å². The Morgan fingerprint density at radius 2 is 2.20 bits per heavy atom. The molecule has 1 fully saturated rings. The summed E-state index contributed by atoms with van der Waals surface area (Å²) in [5.41, 5.74) is -0.432. The highest BCUT2D eigenvalue weighted by Crippen LogP contribution is 2.39. The van der Waals surface area contributed by atoms with Gasteiger partial charge in [-0.05, 0) is 38.6 Å². The standard InChI is InChI=1S/C12H22N2O/c1-4-10(3)15-9-12(8-13,14-5-2)11-6-7-11/h10-11,14H,4-7,9H2,1-3H3. The van der Waals surface area contributed by atoms with Crippen LogP contribution in [0.3, 0.4) is 0 Å². The second-order valence-electron chi connectivity index (χ2n) is 4.42. The Kier molecular flexibility index (Phi) is 4.56. The smallest absolute Gasteiger partial charge is 0.133 e. The Morgan fingerprint density at radius 1 is 1.53 bits per heavy atom. The Bertz CT molecular complexity index is 232. The van der Waals surface area contributed by atoms with Gasteiger partial charge in [-0.15, -0.1) is 0 Å². The van der Waals surface area contributed by atoms with Gasteiger partial charge in [0.2, 0.25) is 0 Å². The normalized spacial score (nSPS) is 21.7. The van der Waals surface area contributed by atoms with E-state index in [2.05, 4.69) is 25.2 Å². The van der Waals surface area contributed by atoms with E-state index in [9.17, 15) is 5.26 Å². The van der Waals surface area contributed by atoms with Gasteiger partial charge in [-0.1, -0.05) is 13.8 Å². The van der Waals surface area contributed by atoms with Gasteiger partial charge in [0, 0.05) is 0 Å². The van der Waals surface area contributed by atoms with Crippen molar-refractivity contribution in [2.45, 2.75) is 51.7 Å². The summed E-state index contributed by atoms with van der Waals surface area (Å²) in [6.45, 7) is 7.55. The van der Waals surface area contributed by atoms with E-state index in [0.29, 0.717) is 12.5 Å². The van der Waals surface area contributed by atoms with Crippen molar-refractivity contribution in [2.75, 3.05) is 13.2 Å². The monoisotopic (exact) mass is 210 g/mol. The average Bonchev–Trinajstić information content (AvgIpc) is 3.08. The van der Waals surface area contributed by atoms with Gasteiger partial charge >= 0.3 is 0 Å². The number of ether oxygens (including phenoxy) is 1. The third kappa shape index (κ3) is 3.19. The average molecular weight is 210 g/mol. The topological polar surface area (TPSA) is 45.0 Å². The number of nitrogens with zero attached hydrogens (tertiary/aromatic N) is 1. The molecule has 3 nitrogen and oxygen atoms in total. The first kappa shape index (κ1) is 12.5. The number of hydrogen-bond donors (Lipinski definition) is 1. The van der Waals surface area contributed by atoms with Crippen LogP contribution in [0.1, 0.15) is 40.0 Å². The van der Waals surface area contributed by atoms with Crippen molar-refractivity contribution in [1.82, 2.24) is 5.32 Å². The molecule has 1 rings (SSSR count). The first-order valence-electron chi connectivity index (χ1n) is 5.96. The summed E-state index contributed by atoms with van der Waals surface area (Å²) in [6.07, 6.45) is 3.56. The molecule has 2 atom stereocenters. The van der Waals surface area contributed by atoms with Crippen LogP contribution in [0, 0.1) is 17.2 Å². The summed E-state index contributed by atoms with van der Waals surface area (Å²) < 4.78 is 5.72. The number of rotatable bonds is 7. The van der Waals surface area contributed by atoms with E-state index in [1.165, 1.54) is 0 Å². The summed E-state index contributed by atoms with van der Waals surface area (Å²) in [7, 11) is 0. The van der Waals surface area contributed by atoms with Gasteiger partial charge in [-0.25, -0.2) is 0 Å². The van der Waals surface area contributed by atoms with Crippen molar-refractivity contribution in [1.29, 1.82) is 5.26 Å². The van der Waals surface area contributed by atoms with E-state index >= 15 is 0 Å². The number of nitrogens with one attached hydrogen (secondary N) is 1. The third-order valence-electron chi connectivity index (χ3n) is 3.14. The molecule has 0 spiro atoms. The largest absolute Gasteiger partial charge is 0.375 e. The van der Waals surface area contributed by atoms with Crippen molar-refractivity contribution in [3.8, 4) is 6.07 Å². The molecule has 1 aliphatic rings. The van der Waals surface area contributed by atoms with Crippen molar-refractivity contribution in [2.24, 2.45) is 5.92 Å². The summed E-state index contributed by atoms with van der Waals surface area (Å²) in [5, 5.41) is 12.6. The molecule has 0 aromatic carbocycles. The fraction of sp³-hybridized carbons (Fsp3) is 0.917. The summed E-state index contributed by atoms with van der Waals surface area (Å²) >= 11 is 0. The second kappa shape index (κ2) is 5.48. The van der Waals surface area contributed by atoms with E-state index in [4.69, 9.17) is 4.74 Å². The van der Waals surface area contributed by atoms with Gasteiger partial charge in [0.15, 0.2) is 0 Å². The van der Waals surface area contributed by atoms with Gasteiger partial charge in [0.05, 0.1) is 18.8 Å². The predicted molar refractivity (Wildman–Crippen MR) is 60.4 cm³/mol. The Morgan fingerprint density at radius 3 is 2.60 bits per heavy atom. The maximum atomic E-state index is 9.31. The van der Waals surface area contributed by atoms with E-state index in [0.717, 1.165) is 25.8 Å². The van der Waals surface area contributed by atoms with E-state index in [-0.39, 0.29) is 6.10 Å². The molecule has 3 heteroatoms. The molecule has 1 saturated carbocycles. The molecule has 0 aliphatic heterocycles. The molecule has 15 heavy (non-hydrogen) atoms. The summed E-state index contributed by atoms with van der Waals surface area (Å²) in [6, 6.07) is 2.42. The molecule has 0 bridgehead atoms. The quantitative estimate of drug-likeness (QED) is 0.699. The van der Waals surface area contributed by atoms with Gasteiger partial charge in [0.1, 0.15) is 5.54 Å². The molecule has 0 heterocycles. The molecule has 1 aliphatic carbocycles. The van der Waals surface area contributed by atoms with E-state index in [1.54, 1.807) is 0 Å². The molecule has 1 N–H and O–H groups in total. The first-order valence-corrected chi connectivity index (χ1v) is 5.96. The number of hydrogen-bond acceptors (Lipinski definition) is 3. The number of nitriles is 1. The molecule has 0 aromatic rings. The lowest BCUT2D eigenvalue weighted by Crippen LogP contribution is -2.50. The van der Waals surface area contributed by atoms with Gasteiger partial charge in [-0.3, -0.25) is 5.32 Å². The minimum Gasteiger partial charge on any atom is -0.375 e. The Hall–Kier alpha value is -0.590. The molecular weight excluding hydrogens is 188 g/mol. The zero-order valence-electron chi connectivity index (χ0n) is 10.0. The van der Waals surface area contributed by atoms with Gasteiger partial charge < -0.3 is 4.74 Å². The minimum atomic E-state index is -0.432. The molecule has 0 aromatic heterocycles. The highest BCUT2D eigenvalue weighted by atomic mass is 16.5. The van der Waals surface area contributed by atoms with Crippen LogP contribution in [0.4, 0.5) is 0 Å². The highest BCUT2D eigenvalue weighted by molar-refractivity contribution is 5.15. The van der Waals surface area contributed by atoms with Crippen LogP contribution in [0.2, 0.25) is 0 Å². The lowest BCUT2D eigenvalue weighted by Gasteiger charge is -2.28. The molecule has 0 amide bonds. The Balaban J connectivity index is 2.52. The Labute approximate surface area is 92.8 Å². The summed E-state index contributed by atoms with van der Waals surface area (Å²) in [5.74, 6) is 0.492. The van der Waals surface area contributed by atoms with Crippen LogP contribution in [0.25, 0.3) is 0 Å². The maximum absolute atomic E-state index is 9.31. The molecule has 86 valence electrons. The fourth-order valence-corrected chi connectivity index (χ4v) is 1.76. The van der Waals surface area contributed by atoms with Crippen molar-refractivity contribution in [3.63, 3.8) is 0 Å². The van der Waals surface area contributed by atoms with Crippen LogP contribution in [-0.4, -0.2) is 24.8 Å². The van der Waals surface area contributed by atoms with Crippen molar-refractivity contribution < 1.29 is 4.74 Å². The van der Waals surface area contributed by atoms with Crippen molar-refractivity contribution in [3.05, 3.63) is 0 Å². The maximum Gasteiger partial charge on any atom is 0.133 e. The zero-order chi connectivity index (χ0) is 11.3. The molecule has 0 saturated heterocycles. The van der Waals surface area contributed by atoms with E-state index < -0.39 is 5.54 Å². The minimum absolute atomic E-state index is 0.245. The summed E-state index contributed by atoms with van der Waals surface area (Å²) in [4.78, 5) is 0.